The third kappa shape index (κ3) is 2.92. The van der Waals surface area contributed by atoms with Crippen molar-refractivity contribution in [2.75, 3.05) is 6.61 Å². The van der Waals surface area contributed by atoms with Crippen LogP contribution < -0.4 is 0 Å². The van der Waals surface area contributed by atoms with Crippen LogP contribution in [0.25, 0.3) is 10.9 Å². The molecule has 1 aromatic heterocycles. The molecule has 3 nitrogen and oxygen atoms in total. The maximum absolute atomic E-state index is 12.2. The molecule has 112 valence electrons. The smallest absolute Gasteiger partial charge is 0.354 e. The number of para-hydroxylation sites is 1. The first-order valence-electron chi connectivity index (χ1n) is 7.19. The van der Waals surface area contributed by atoms with Gasteiger partial charge in [0.2, 0.25) is 0 Å². The molecule has 3 rings (SSSR count). The summed E-state index contributed by atoms with van der Waals surface area (Å²) < 4.78 is 8.24. The molecule has 0 N–H and O–H groups in total. The van der Waals surface area contributed by atoms with Crippen LogP contribution in [0.2, 0.25) is 0 Å². The van der Waals surface area contributed by atoms with E-state index in [1.165, 1.54) is 0 Å². The lowest BCUT2D eigenvalue weighted by Crippen LogP contribution is -2.12. The van der Waals surface area contributed by atoms with Crippen LogP contribution in [0.4, 0.5) is 0 Å². The van der Waals surface area contributed by atoms with Gasteiger partial charge in [-0.05, 0) is 36.8 Å². The van der Waals surface area contributed by atoms with Crippen LogP contribution in [-0.4, -0.2) is 17.1 Å². The van der Waals surface area contributed by atoms with E-state index in [2.05, 4.69) is 15.9 Å². The van der Waals surface area contributed by atoms with Gasteiger partial charge in [0, 0.05) is 21.9 Å². The van der Waals surface area contributed by atoms with E-state index in [0.717, 1.165) is 20.9 Å². The van der Waals surface area contributed by atoms with Crippen LogP contribution in [-0.2, 0) is 11.3 Å². The topological polar surface area (TPSA) is 31.2 Å². The van der Waals surface area contributed by atoms with Gasteiger partial charge in [-0.2, -0.15) is 0 Å². The first-order valence-corrected chi connectivity index (χ1v) is 7.98. The lowest BCUT2D eigenvalue weighted by Gasteiger charge is -2.10. The van der Waals surface area contributed by atoms with Crippen molar-refractivity contribution < 1.29 is 9.53 Å². The number of ether oxygens (including phenoxy) is 1. The van der Waals surface area contributed by atoms with Crippen LogP contribution in [0.3, 0.4) is 0 Å². The number of halogens is 1. The van der Waals surface area contributed by atoms with Gasteiger partial charge in [0.1, 0.15) is 5.69 Å². The van der Waals surface area contributed by atoms with Crippen molar-refractivity contribution >= 4 is 32.8 Å². The van der Waals surface area contributed by atoms with Crippen molar-refractivity contribution in [2.24, 2.45) is 0 Å². The number of hydrogen-bond acceptors (Lipinski definition) is 2. The molecule has 0 fully saturated rings. The highest BCUT2D eigenvalue weighted by Crippen LogP contribution is 2.22. The number of aromatic nitrogens is 1. The van der Waals surface area contributed by atoms with E-state index in [4.69, 9.17) is 4.74 Å². The predicted octanol–water partition coefficient (Wildman–Crippen LogP) is 4.63. The van der Waals surface area contributed by atoms with Crippen LogP contribution in [0.1, 0.15) is 23.0 Å². The Balaban J connectivity index is 2.07. The van der Waals surface area contributed by atoms with Crippen molar-refractivity contribution in [1.82, 2.24) is 4.57 Å². The van der Waals surface area contributed by atoms with Crippen LogP contribution in [0.5, 0.6) is 0 Å². The molecule has 0 spiro atoms. The molecule has 0 atom stereocenters. The molecule has 0 amide bonds. The summed E-state index contributed by atoms with van der Waals surface area (Å²) >= 11 is 3.44. The number of esters is 1. The van der Waals surface area contributed by atoms with Crippen molar-refractivity contribution in [3.05, 3.63) is 70.3 Å². The molecule has 4 heteroatoms. The zero-order chi connectivity index (χ0) is 15.5. The minimum Gasteiger partial charge on any atom is -0.461 e. The first kappa shape index (κ1) is 14.9. The predicted molar refractivity (Wildman–Crippen MR) is 91.1 cm³/mol. The summed E-state index contributed by atoms with van der Waals surface area (Å²) in [6.45, 7) is 2.83. The highest BCUT2D eigenvalue weighted by atomic mass is 79.9. The van der Waals surface area contributed by atoms with Gasteiger partial charge in [-0.15, -0.1) is 0 Å². The molecule has 22 heavy (non-hydrogen) atoms. The van der Waals surface area contributed by atoms with Gasteiger partial charge in [0.05, 0.1) is 6.61 Å². The second-order valence-corrected chi connectivity index (χ2v) is 5.94. The van der Waals surface area contributed by atoms with E-state index in [-0.39, 0.29) is 5.97 Å². The molecular formula is C18H16BrNO2. The highest BCUT2D eigenvalue weighted by molar-refractivity contribution is 9.10. The molecule has 0 bridgehead atoms. The number of carbonyl (C=O) groups is 1. The number of carbonyl (C=O) groups excluding carboxylic acids is 1. The highest BCUT2D eigenvalue weighted by Gasteiger charge is 2.16. The molecule has 1 heterocycles. The second-order valence-electron chi connectivity index (χ2n) is 5.02. The Kier molecular flexibility index (Phi) is 4.29. The monoisotopic (exact) mass is 357 g/mol. The van der Waals surface area contributed by atoms with E-state index in [9.17, 15) is 4.79 Å². The van der Waals surface area contributed by atoms with E-state index < -0.39 is 0 Å². The Hall–Kier alpha value is -2.07. The summed E-state index contributed by atoms with van der Waals surface area (Å²) in [7, 11) is 0. The summed E-state index contributed by atoms with van der Waals surface area (Å²) in [5.41, 5.74) is 2.76. The maximum Gasteiger partial charge on any atom is 0.354 e. The SMILES string of the molecule is CCOC(=O)c1cc2ccccc2n1Cc1ccc(Br)cc1. The Morgan fingerprint density at radius 1 is 1.14 bits per heavy atom. The summed E-state index contributed by atoms with van der Waals surface area (Å²) in [6, 6.07) is 18.0. The maximum atomic E-state index is 12.2. The molecule has 0 saturated carbocycles. The average Bonchev–Trinajstić information content (AvgIpc) is 2.89. The quantitative estimate of drug-likeness (QED) is 0.637. The first-order chi connectivity index (χ1) is 10.7. The largest absolute Gasteiger partial charge is 0.461 e. The normalized spacial score (nSPS) is 10.8. The summed E-state index contributed by atoms with van der Waals surface area (Å²) in [5, 5.41) is 1.04. The summed E-state index contributed by atoms with van der Waals surface area (Å²) in [6.07, 6.45) is 0. The fraction of sp³-hybridized carbons (Fsp3) is 0.167. The van der Waals surface area contributed by atoms with Gasteiger partial charge >= 0.3 is 5.97 Å². The molecule has 0 unspecified atom stereocenters. The van der Waals surface area contributed by atoms with E-state index in [0.29, 0.717) is 18.8 Å². The van der Waals surface area contributed by atoms with Gasteiger partial charge < -0.3 is 9.30 Å². The number of fused-ring (bicyclic) bond motifs is 1. The van der Waals surface area contributed by atoms with Gasteiger partial charge in [-0.25, -0.2) is 4.79 Å². The van der Waals surface area contributed by atoms with Gasteiger partial charge in [-0.3, -0.25) is 0 Å². The van der Waals surface area contributed by atoms with E-state index in [1.807, 2.05) is 66.1 Å². The molecular weight excluding hydrogens is 342 g/mol. The summed E-state index contributed by atoms with van der Waals surface area (Å²) in [4.78, 5) is 12.2. The second kappa shape index (κ2) is 6.36. The molecule has 0 radical (unpaired) electrons. The number of hydrogen-bond donors (Lipinski definition) is 0. The Morgan fingerprint density at radius 2 is 1.86 bits per heavy atom. The Bertz CT molecular complexity index is 806. The minimum absolute atomic E-state index is 0.282. The number of rotatable bonds is 4. The van der Waals surface area contributed by atoms with Crippen molar-refractivity contribution in [2.45, 2.75) is 13.5 Å². The minimum atomic E-state index is -0.282. The van der Waals surface area contributed by atoms with Gasteiger partial charge in [-0.1, -0.05) is 46.3 Å². The van der Waals surface area contributed by atoms with E-state index >= 15 is 0 Å². The molecule has 0 aliphatic carbocycles. The van der Waals surface area contributed by atoms with Crippen LogP contribution in [0, 0.1) is 0 Å². The Morgan fingerprint density at radius 3 is 2.59 bits per heavy atom. The van der Waals surface area contributed by atoms with Crippen molar-refractivity contribution in [3.63, 3.8) is 0 Å². The van der Waals surface area contributed by atoms with Crippen LogP contribution >= 0.6 is 15.9 Å². The lowest BCUT2D eigenvalue weighted by atomic mass is 10.2. The molecule has 0 saturated heterocycles. The molecule has 2 aromatic carbocycles. The third-order valence-corrected chi connectivity index (χ3v) is 4.08. The fourth-order valence-electron chi connectivity index (χ4n) is 2.53. The van der Waals surface area contributed by atoms with Crippen molar-refractivity contribution in [1.29, 1.82) is 0 Å². The number of nitrogens with zero attached hydrogens (tertiary/aromatic N) is 1. The summed E-state index contributed by atoms with van der Waals surface area (Å²) in [5.74, 6) is -0.282. The van der Waals surface area contributed by atoms with E-state index in [1.54, 1.807) is 0 Å². The lowest BCUT2D eigenvalue weighted by molar-refractivity contribution is 0.0515. The average molecular weight is 358 g/mol. The van der Waals surface area contributed by atoms with Crippen molar-refractivity contribution in [3.8, 4) is 0 Å². The Labute approximate surface area is 137 Å². The fourth-order valence-corrected chi connectivity index (χ4v) is 2.79. The third-order valence-electron chi connectivity index (χ3n) is 3.55. The van der Waals surface area contributed by atoms with Gasteiger partial charge in [0.25, 0.3) is 0 Å². The zero-order valence-corrected chi connectivity index (χ0v) is 13.8. The van der Waals surface area contributed by atoms with Crippen LogP contribution in [0.15, 0.2) is 59.1 Å². The molecule has 3 aromatic rings. The number of benzene rings is 2. The zero-order valence-electron chi connectivity index (χ0n) is 12.3. The van der Waals surface area contributed by atoms with Gasteiger partial charge in [0.15, 0.2) is 0 Å². The molecule has 0 aliphatic heterocycles. The standard InChI is InChI=1S/C18H16BrNO2/c1-2-22-18(21)17-11-14-5-3-4-6-16(14)20(17)12-13-7-9-15(19)10-8-13/h3-11H,2,12H2,1H3. The molecule has 0 aliphatic rings.